The maximum atomic E-state index is 13.7. The predicted molar refractivity (Wildman–Crippen MR) is 77.5 cm³/mol. The third kappa shape index (κ3) is 3.32. The van der Waals surface area contributed by atoms with E-state index < -0.39 is 5.82 Å². The third-order valence-electron chi connectivity index (χ3n) is 2.95. The number of hydrogen-bond acceptors (Lipinski definition) is 2. The lowest BCUT2D eigenvalue weighted by Gasteiger charge is -2.02. The molecule has 2 rings (SSSR count). The zero-order chi connectivity index (χ0) is 14.5. The number of rotatable bonds is 4. The number of aryl methyl sites for hydroxylation is 1. The highest BCUT2D eigenvalue weighted by Gasteiger charge is 2.09. The molecule has 3 heteroatoms. The van der Waals surface area contributed by atoms with E-state index in [9.17, 15) is 9.18 Å². The number of hydrogen-bond donors (Lipinski definition) is 0. The zero-order valence-electron chi connectivity index (χ0n) is 11.4. The first-order valence-corrected chi connectivity index (χ1v) is 6.23. The predicted octanol–water partition coefficient (Wildman–Crippen LogP) is 4.04. The van der Waals surface area contributed by atoms with Crippen molar-refractivity contribution in [3.63, 3.8) is 0 Å². The maximum Gasteiger partial charge on any atom is 0.188 e. The molecule has 0 aliphatic heterocycles. The number of benzene rings is 2. The van der Waals surface area contributed by atoms with Crippen LogP contribution in [0.5, 0.6) is 5.75 Å². The molecule has 0 N–H and O–H groups in total. The number of halogens is 1. The normalized spacial score (nSPS) is 10.8. The Morgan fingerprint density at radius 2 is 1.85 bits per heavy atom. The Hall–Kier alpha value is -2.42. The average Bonchev–Trinajstić information content (AvgIpc) is 2.46. The lowest BCUT2D eigenvalue weighted by atomic mass is 10.1. The van der Waals surface area contributed by atoms with Crippen LogP contribution in [0.3, 0.4) is 0 Å². The summed E-state index contributed by atoms with van der Waals surface area (Å²) in [6, 6.07) is 11.9. The molecule has 20 heavy (non-hydrogen) atoms. The van der Waals surface area contributed by atoms with Crippen LogP contribution < -0.4 is 4.74 Å². The molecule has 2 aromatic carbocycles. The van der Waals surface area contributed by atoms with Gasteiger partial charge < -0.3 is 4.74 Å². The van der Waals surface area contributed by atoms with Crippen molar-refractivity contribution in [2.75, 3.05) is 7.11 Å². The SMILES string of the molecule is COc1ccc(C(=O)/C=C/c2ccc(C)cc2)c(F)c1. The molecule has 0 saturated heterocycles. The largest absolute Gasteiger partial charge is 0.497 e. The van der Waals surface area contributed by atoms with Gasteiger partial charge in [0.2, 0.25) is 0 Å². The molecule has 0 aliphatic carbocycles. The van der Waals surface area contributed by atoms with E-state index >= 15 is 0 Å². The fourth-order valence-corrected chi connectivity index (χ4v) is 1.76. The third-order valence-corrected chi connectivity index (χ3v) is 2.95. The lowest BCUT2D eigenvalue weighted by Crippen LogP contribution is -1.99. The van der Waals surface area contributed by atoms with Crippen molar-refractivity contribution >= 4 is 11.9 Å². The summed E-state index contributed by atoms with van der Waals surface area (Å²) in [6.45, 7) is 1.99. The Labute approximate surface area is 117 Å². The van der Waals surface area contributed by atoms with Gasteiger partial charge in [0.25, 0.3) is 0 Å². The number of ketones is 1. The Kier molecular flexibility index (Phi) is 4.31. The number of carbonyl (C=O) groups is 1. The molecule has 0 saturated carbocycles. The van der Waals surface area contributed by atoms with Gasteiger partial charge in [0.05, 0.1) is 12.7 Å². The van der Waals surface area contributed by atoms with Gasteiger partial charge in [0, 0.05) is 6.07 Å². The van der Waals surface area contributed by atoms with Gasteiger partial charge in [-0.1, -0.05) is 35.9 Å². The van der Waals surface area contributed by atoms with Crippen LogP contribution in [0, 0.1) is 12.7 Å². The van der Waals surface area contributed by atoms with E-state index in [4.69, 9.17) is 4.74 Å². The molecule has 0 radical (unpaired) electrons. The van der Waals surface area contributed by atoms with Crippen molar-refractivity contribution < 1.29 is 13.9 Å². The summed E-state index contributed by atoms with van der Waals surface area (Å²) in [5, 5.41) is 0. The van der Waals surface area contributed by atoms with Crippen LogP contribution in [-0.2, 0) is 0 Å². The summed E-state index contributed by atoms with van der Waals surface area (Å²) >= 11 is 0. The van der Waals surface area contributed by atoms with Crippen molar-refractivity contribution in [3.05, 3.63) is 71.0 Å². The number of allylic oxidation sites excluding steroid dienone is 1. The fourth-order valence-electron chi connectivity index (χ4n) is 1.76. The second-order valence-electron chi connectivity index (χ2n) is 4.45. The van der Waals surface area contributed by atoms with E-state index in [0.29, 0.717) is 5.75 Å². The van der Waals surface area contributed by atoms with Crippen LogP contribution in [0.2, 0.25) is 0 Å². The molecule has 0 unspecified atom stereocenters. The molecule has 0 heterocycles. The van der Waals surface area contributed by atoms with Gasteiger partial charge >= 0.3 is 0 Å². The molecular weight excluding hydrogens is 255 g/mol. The molecular formula is C17H15FO2. The van der Waals surface area contributed by atoms with E-state index in [1.165, 1.54) is 25.3 Å². The van der Waals surface area contributed by atoms with Crippen LogP contribution in [0.25, 0.3) is 6.08 Å². The van der Waals surface area contributed by atoms with Gasteiger partial charge in [-0.05, 0) is 30.7 Å². The molecule has 2 aromatic rings. The number of ether oxygens (including phenoxy) is 1. The minimum absolute atomic E-state index is 0.0363. The standard InChI is InChI=1S/C17H15FO2/c1-12-3-5-13(6-4-12)7-10-17(19)15-9-8-14(20-2)11-16(15)18/h3-11H,1-2H3/b10-7+. The fraction of sp³-hybridized carbons (Fsp3) is 0.118. The van der Waals surface area contributed by atoms with Gasteiger partial charge in [-0.25, -0.2) is 4.39 Å². The summed E-state index contributed by atoms with van der Waals surface area (Å²) in [5.41, 5.74) is 2.08. The molecule has 0 fully saturated rings. The Morgan fingerprint density at radius 3 is 2.45 bits per heavy atom. The van der Waals surface area contributed by atoms with E-state index in [1.54, 1.807) is 12.1 Å². The highest BCUT2D eigenvalue weighted by Crippen LogP contribution is 2.17. The Bertz CT molecular complexity index is 643. The van der Waals surface area contributed by atoms with Crippen molar-refractivity contribution in [3.8, 4) is 5.75 Å². The Balaban J connectivity index is 2.17. The maximum absolute atomic E-state index is 13.7. The average molecular weight is 270 g/mol. The molecule has 2 nitrogen and oxygen atoms in total. The van der Waals surface area contributed by atoms with Gasteiger partial charge in [0.1, 0.15) is 11.6 Å². The summed E-state index contributed by atoms with van der Waals surface area (Å²) in [5.74, 6) is -0.560. The molecule has 0 amide bonds. The van der Waals surface area contributed by atoms with Crippen LogP contribution >= 0.6 is 0 Å². The number of methoxy groups -OCH3 is 1. The van der Waals surface area contributed by atoms with Crippen LogP contribution in [-0.4, -0.2) is 12.9 Å². The quantitative estimate of drug-likeness (QED) is 0.619. The second-order valence-corrected chi connectivity index (χ2v) is 4.45. The Morgan fingerprint density at radius 1 is 1.15 bits per heavy atom. The molecule has 0 aromatic heterocycles. The molecule has 0 atom stereocenters. The van der Waals surface area contributed by atoms with Crippen LogP contribution in [0.1, 0.15) is 21.5 Å². The summed E-state index contributed by atoms with van der Waals surface area (Å²) in [7, 11) is 1.45. The van der Waals surface area contributed by atoms with E-state index in [0.717, 1.165) is 11.1 Å². The molecule has 102 valence electrons. The first kappa shape index (κ1) is 14.0. The van der Waals surface area contributed by atoms with Gasteiger partial charge in [-0.3, -0.25) is 4.79 Å². The molecule has 0 spiro atoms. The summed E-state index contributed by atoms with van der Waals surface area (Å²) in [6.07, 6.45) is 3.04. The first-order valence-electron chi connectivity index (χ1n) is 6.23. The smallest absolute Gasteiger partial charge is 0.188 e. The minimum atomic E-state index is -0.581. The van der Waals surface area contributed by atoms with Crippen molar-refractivity contribution in [2.45, 2.75) is 6.92 Å². The summed E-state index contributed by atoms with van der Waals surface area (Å²) < 4.78 is 18.6. The topological polar surface area (TPSA) is 26.3 Å². The first-order chi connectivity index (χ1) is 9.60. The van der Waals surface area contributed by atoms with Crippen molar-refractivity contribution in [2.24, 2.45) is 0 Å². The minimum Gasteiger partial charge on any atom is -0.497 e. The molecule has 0 aliphatic rings. The molecule has 0 bridgehead atoms. The van der Waals surface area contributed by atoms with Gasteiger partial charge in [-0.15, -0.1) is 0 Å². The van der Waals surface area contributed by atoms with E-state index in [1.807, 2.05) is 31.2 Å². The van der Waals surface area contributed by atoms with Crippen molar-refractivity contribution in [1.29, 1.82) is 0 Å². The highest BCUT2D eigenvalue weighted by atomic mass is 19.1. The van der Waals surface area contributed by atoms with E-state index in [2.05, 4.69) is 0 Å². The summed E-state index contributed by atoms with van der Waals surface area (Å²) in [4.78, 5) is 11.9. The van der Waals surface area contributed by atoms with Crippen LogP contribution in [0.4, 0.5) is 4.39 Å². The highest BCUT2D eigenvalue weighted by molar-refractivity contribution is 6.07. The van der Waals surface area contributed by atoms with Gasteiger partial charge in [-0.2, -0.15) is 0 Å². The van der Waals surface area contributed by atoms with Gasteiger partial charge in [0.15, 0.2) is 5.78 Å². The zero-order valence-corrected chi connectivity index (χ0v) is 11.4. The lowest BCUT2D eigenvalue weighted by molar-refractivity contribution is 0.104. The van der Waals surface area contributed by atoms with Crippen LogP contribution in [0.15, 0.2) is 48.5 Å². The number of carbonyl (C=O) groups excluding carboxylic acids is 1. The van der Waals surface area contributed by atoms with E-state index in [-0.39, 0.29) is 11.3 Å². The monoisotopic (exact) mass is 270 g/mol. The van der Waals surface area contributed by atoms with Crippen molar-refractivity contribution in [1.82, 2.24) is 0 Å². The second kappa shape index (κ2) is 6.15.